The molecule has 1 aliphatic heterocycles. The van der Waals surface area contributed by atoms with E-state index in [4.69, 9.17) is 15.2 Å². The van der Waals surface area contributed by atoms with Gasteiger partial charge in [-0.25, -0.2) is 0 Å². The first kappa shape index (κ1) is 17.3. The Morgan fingerprint density at radius 3 is 2.58 bits per heavy atom. The van der Waals surface area contributed by atoms with E-state index in [9.17, 15) is 9.59 Å². The lowest BCUT2D eigenvalue weighted by molar-refractivity contribution is -0.120. The zero-order chi connectivity index (χ0) is 18.5. The summed E-state index contributed by atoms with van der Waals surface area (Å²) in [5.74, 6) is 0.510. The molecule has 1 heterocycles. The van der Waals surface area contributed by atoms with Crippen molar-refractivity contribution in [3.05, 3.63) is 71.3 Å². The maximum absolute atomic E-state index is 12.3. The van der Waals surface area contributed by atoms with Crippen LogP contribution in [0.3, 0.4) is 0 Å². The molecule has 26 heavy (non-hydrogen) atoms. The van der Waals surface area contributed by atoms with Crippen LogP contribution in [0.4, 0.5) is 0 Å². The SMILES string of the molecule is COc1ccccc1C1=CC(=Cc2ccc(OCC(N)=O)cc2)C(=O)N1. The Labute approximate surface area is 150 Å². The van der Waals surface area contributed by atoms with Gasteiger partial charge in [-0.3, -0.25) is 9.59 Å². The lowest BCUT2D eigenvalue weighted by atomic mass is 10.1. The van der Waals surface area contributed by atoms with E-state index in [1.807, 2.05) is 24.3 Å². The van der Waals surface area contributed by atoms with Crippen molar-refractivity contribution in [1.82, 2.24) is 5.32 Å². The molecule has 0 spiro atoms. The average Bonchev–Trinajstić information content (AvgIpc) is 3.01. The number of rotatable bonds is 6. The highest BCUT2D eigenvalue weighted by atomic mass is 16.5. The molecule has 0 aromatic heterocycles. The monoisotopic (exact) mass is 350 g/mol. The van der Waals surface area contributed by atoms with Gasteiger partial charge < -0.3 is 20.5 Å². The van der Waals surface area contributed by atoms with Crippen molar-refractivity contribution in [2.45, 2.75) is 0 Å². The van der Waals surface area contributed by atoms with Gasteiger partial charge in [-0.05, 0) is 42.0 Å². The van der Waals surface area contributed by atoms with Crippen molar-refractivity contribution >= 4 is 23.6 Å². The first-order valence-electron chi connectivity index (χ1n) is 7.96. The largest absolute Gasteiger partial charge is 0.496 e. The minimum atomic E-state index is -0.534. The molecule has 0 saturated carbocycles. The number of nitrogens with two attached hydrogens (primary N) is 1. The summed E-state index contributed by atoms with van der Waals surface area (Å²) in [7, 11) is 1.59. The van der Waals surface area contributed by atoms with E-state index in [-0.39, 0.29) is 12.5 Å². The molecule has 0 aliphatic carbocycles. The fraction of sp³-hybridized carbons (Fsp3) is 0.100. The normalized spacial score (nSPS) is 14.7. The second-order valence-corrected chi connectivity index (χ2v) is 5.64. The molecule has 0 bridgehead atoms. The third kappa shape index (κ3) is 3.92. The Bertz CT molecular complexity index is 898. The Kier molecular flexibility index (Phi) is 5.03. The summed E-state index contributed by atoms with van der Waals surface area (Å²) in [5.41, 5.74) is 7.93. The van der Waals surface area contributed by atoms with Crippen LogP contribution in [0.5, 0.6) is 11.5 Å². The van der Waals surface area contributed by atoms with Gasteiger partial charge in [0.2, 0.25) is 0 Å². The summed E-state index contributed by atoms with van der Waals surface area (Å²) >= 11 is 0. The molecular formula is C20H18N2O4. The van der Waals surface area contributed by atoms with Crippen LogP contribution in [-0.2, 0) is 9.59 Å². The third-order valence-electron chi connectivity index (χ3n) is 3.79. The lowest BCUT2D eigenvalue weighted by Gasteiger charge is -2.08. The zero-order valence-corrected chi connectivity index (χ0v) is 14.2. The molecular weight excluding hydrogens is 332 g/mol. The van der Waals surface area contributed by atoms with E-state index in [1.54, 1.807) is 43.5 Å². The van der Waals surface area contributed by atoms with E-state index in [0.29, 0.717) is 22.8 Å². The standard InChI is InChI=1S/C20H18N2O4/c1-25-18-5-3-2-4-16(18)17-11-14(20(24)22-17)10-13-6-8-15(9-7-13)26-12-19(21)23/h2-11H,12H2,1H3,(H2,21,23)(H,22,24). The molecule has 0 unspecified atom stereocenters. The number of para-hydroxylation sites is 1. The van der Waals surface area contributed by atoms with Crippen LogP contribution in [-0.4, -0.2) is 25.5 Å². The molecule has 3 N–H and O–H groups in total. The highest BCUT2D eigenvalue weighted by Crippen LogP contribution is 2.29. The number of hydrogen-bond acceptors (Lipinski definition) is 4. The molecule has 3 rings (SSSR count). The van der Waals surface area contributed by atoms with Crippen molar-refractivity contribution < 1.29 is 19.1 Å². The van der Waals surface area contributed by atoms with Crippen LogP contribution in [0.15, 0.2) is 60.2 Å². The number of hydrogen-bond donors (Lipinski definition) is 2. The van der Waals surface area contributed by atoms with E-state index >= 15 is 0 Å². The highest BCUT2D eigenvalue weighted by Gasteiger charge is 2.21. The number of carbonyl (C=O) groups excluding carboxylic acids is 2. The van der Waals surface area contributed by atoms with E-state index < -0.39 is 5.91 Å². The summed E-state index contributed by atoms with van der Waals surface area (Å²) < 4.78 is 10.6. The number of methoxy groups -OCH3 is 1. The number of benzene rings is 2. The molecule has 6 nitrogen and oxygen atoms in total. The molecule has 132 valence electrons. The Balaban J connectivity index is 1.81. The van der Waals surface area contributed by atoms with Crippen LogP contribution in [0, 0.1) is 0 Å². The quantitative estimate of drug-likeness (QED) is 0.781. The Morgan fingerprint density at radius 1 is 1.15 bits per heavy atom. The Hall–Kier alpha value is -3.54. The highest BCUT2D eigenvalue weighted by molar-refractivity contribution is 6.11. The molecule has 0 fully saturated rings. The van der Waals surface area contributed by atoms with E-state index in [0.717, 1.165) is 11.1 Å². The summed E-state index contributed by atoms with van der Waals surface area (Å²) in [6.07, 6.45) is 3.56. The first-order valence-corrected chi connectivity index (χ1v) is 7.96. The smallest absolute Gasteiger partial charge is 0.255 e. The maximum atomic E-state index is 12.3. The van der Waals surface area contributed by atoms with Gasteiger partial charge in [-0.1, -0.05) is 24.3 Å². The second-order valence-electron chi connectivity index (χ2n) is 5.64. The molecule has 0 atom stereocenters. The van der Waals surface area contributed by atoms with E-state index in [1.165, 1.54) is 0 Å². The minimum Gasteiger partial charge on any atom is -0.496 e. The summed E-state index contributed by atoms with van der Waals surface area (Å²) in [4.78, 5) is 23.0. The van der Waals surface area contributed by atoms with Crippen LogP contribution >= 0.6 is 0 Å². The number of amides is 2. The van der Waals surface area contributed by atoms with Crippen molar-refractivity contribution in [3.8, 4) is 11.5 Å². The first-order chi connectivity index (χ1) is 12.6. The van der Waals surface area contributed by atoms with Crippen molar-refractivity contribution in [2.75, 3.05) is 13.7 Å². The van der Waals surface area contributed by atoms with Crippen LogP contribution in [0.25, 0.3) is 11.8 Å². The summed E-state index contributed by atoms with van der Waals surface area (Å²) in [6, 6.07) is 14.5. The molecule has 0 saturated heterocycles. The molecule has 2 aromatic rings. The molecule has 1 aliphatic rings. The maximum Gasteiger partial charge on any atom is 0.255 e. The summed E-state index contributed by atoms with van der Waals surface area (Å²) in [6.45, 7) is -0.173. The van der Waals surface area contributed by atoms with E-state index in [2.05, 4.69) is 5.32 Å². The van der Waals surface area contributed by atoms with Crippen LogP contribution < -0.4 is 20.5 Å². The molecule has 6 heteroatoms. The van der Waals surface area contributed by atoms with Crippen molar-refractivity contribution in [2.24, 2.45) is 5.73 Å². The van der Waals surface area contributed by atoms with Gasteiger partial charge in [0.15, 0.2) is 6.61 Å². The van der Waals surface area contributed by atoms with Gasteiger partial charge in [0.1, 0.15) is 11.5 Å². The van der Waals surface area contributed by atoms with Gasteiger partial charge in [0.05, 0.1) is 12.8 Å². The number of primary amides is 1. The predicted octanol–water partition coefficient (Wildman–Crippen LogP) is 2.11. The average molecular weight is 350 g/mol. The van der Waals surface area contributed by atoms with Gasteiger partial charge in [-0.15, -0.1) is 0 Å². The Morgan fingerprint density at radius 2 is 1.88 bits per heavy atom. The van der Waals surface area contributed by atoms with Gasteiger partial charge in [0, 0.05) is 11.1 Å². The summed E-state index contributed by atoms with van der Waals surface area (Å²) in [5, 5.41) is 2.86. The van der Waals surface area contributed by atoms with Gasteiger partial charge >= 0.3 is 0 Å². The number of ether oxygens (including phenoxy) is 2. The van der Waals surface area contributed by atoms with Crippen molar-refractivity contribution in [1.29, 1.82) is 0 Å². The van der Waals surface area contributed by atoms with Crippen molar-refractivity contribution in [3.63, 3.8) is 0 Å². The van der Waals surface area contributed by atoms with Crippen LogP contribution in [0.1, 0.15) is 11.1 Å². The fourth-order valence-electron chi connectivity index (χ4n) is 2.57. The molecule has 0 radical (unpaired) electrons. The molecule has 2 amide bonds. The number of carbonyl (C=O) groups is 2. The second kappa shape index (κ2) is 7.57. The lowest BCUT2D eigenvalue weighted by Crippen LogP contribution is -2.19. The molecule has 2 aromatic carbocycles. The van der Waals surface area contributed by atoms with Gasteiger partial charge in [0.25, 0.3) is 11.8 Å². The van der Waals surface area contributed by atoms with Crippen LogP contribution in [0.2, 0.25) is 0 Å². The van der Waals surface area contributed by atoms with Gasteiger partial charge in [-0.2, -0.15) is 0 Å². The predicted molar refractivity (Wildman–Crippen MR) is 98.2 cm³/mol. The topological polar surface area (TPSA) is 90.7 Å². The number of nitrogens with one attached hydrogen (secondary N) is 1. The third-order valence-corrected chi connectivity index (χ3v) is 3.79. The fourth-order valence-corrected chi connectivity index (χ4v) is 2.57. The minimum absolute atomic E-state index is 0.173. The zero-order valence-electron chi connectivity index (χ0n) is 14.2.